The van der Waals surface area contributed by atoms with Crippen molar-refractivity contribution in [1.82, 2.24) is 14.9 Å². The SMILES string of the molecule is Cc1ccnc(C2CN(C(=O)c3cccc4c3OCCO4)CCO2)n1. The van der Waals surface area contributed by atoms with Gasteiger partial charge in [-0.25, -0.2) is 9.97 Å². The lowest BCUT2D eigenvalue weighted by molar-refractivity contribution is -0.0270. The second-order valence-corrected chi connectivity index (χ2v) is 6.00. The molecule has 1 unspecified atom stereocenters. The number of carbonyl (C=O) groups is 1. The van der Waals surface area contributed by atoms with Crippen LogP contribution in [0.4, 0.5) is 0 Å². The number of morpholine rings is 1. The van der Waals surface area contributed by atoms with Crippen molar-refractivity contribution < 1.29 is 19.0 Å². The first-order valence-corrected chi connectivity index (χ1v) is 8.31. The van der Waals surface area contributed by atoms with Crippen LogP contribution in [0.25, 0.3) is 0 Å². The van der Waals surface area contributed by atoms with Gasteiger partial charge < -0.3 is 19.1 Å². The Hall–Kier alpha value is -2.67. The molecule has 1 aromatic carbocycles. The molecular weight excluding hydrogens is 322 g/mol. The van der Waals surface area contributed by atoms with Gasteiger partial charge in [-0.1, -0.05) is 6.07 Å². The van der Waals surface area contributed by atoms with E-state index in [1.165, 1.54) is 0 Å². The summed E-state index contributed by atoms with van der Waals surface area (Å²) in [5.74, 6) is 1.65. The molecule has 2 aromatic rings. The molecule has 2 aliphatic rings. The fourth-order valence-electron chi connectivity index (χ4n) is 3.03. The van der Waals surface area contributed by atoms with Gasteiger partial charge in [0.25, 0.3) is 5.91 Å². The van der Waals surface area contributed by atoms with Crippen LogP contribution in [0.3, 0.4) is 0 Å². The maximum absolute atomic E-state index is 13.0. The smallest absolute Gasteiger partial charge is 0.257 e. The van der Waals surface area contributed by atoms with Crippen molar-refractivity contribution in [2.24, 2.45) is 0 Å². The van der Waals surface area contributed by atoms with Gasteiger partial charge in [0.2, 0.25) is 0 Å². The predicted octanol–water partition coefficient (Wildman–Crippen LogP) is 1.77. The normalized spacial score (nSPS) is 19.6. The van der Waals surface area contributed by atoms with E-state index in [0.29, 0.717) is 55.8 Å². The Balaban J connectivity index is 1.56. The summed E-state index contributed by atoms with van der Waals surface area (Å²) in [6.45, 7) is 4.22. The highest BCUT2D eigenvalue weighted by atomic mass is 16.6. The molecule has 0 saturated carbocycles. The molecule has 0 bridgehead atoms. The lowest BCUT2D eigenvalue weighted by Gasteiger charge is -2.33. The topological polar surface area (TPSA) is 73.8 Å². The predicted molar refractivity (Wildman–Crippen MR) is 88.8 cm³/mol. The van der Waals surface area contributed by atoms with E-state index in [9.17, 15) is 4.79 Å². The number of carbonyl (C=O) groups excluding carboxylic acids is 1. The standard InChI is InChI=1S/C18H19N3O4/c1-12-5-6-19-17(20-12)15-11-21(7-8-23-15)18(22)13-3-2-4-14-16(13)25-10-9-24-14/h2-6,15H,7-11H2,1H3. The fourth-order valence-corrected chi connectivity index (χ4v) is 3.03. The fraction of sp³-hybridized carbons (Fsp3) is 0.389. The van der Waals surface area contributed by atoms with Gasteiger partial charge in [0, 0.05) is 18.4 Å². The van der Waals surface area contributed by atoms with E-state index in [1.807, 2.05) is 25.1 Å². The van der Waals surface area contributed by atoms with E-state index in [-0.39, 0.29) is 12.0 Å². The number of fused-ring (bicyclic) bond motifs is 1. The van der Waals surface area contributed by atoms with Crippen molar-refractivity contribution >= 4 is 5.91 Å². The molecular formula is C18H19N3O4. The minimum absolute atomic E-state index is 0.0942. The van der Waals surface area contributed by atoms with Gasteiger partial charge in [-0.2, -0.15) is 0 Å². The van der Waals surface area contributed by atoms with E-state index in [0.717, 1.165) is 5.69 Å². The number of aryl methyl sites for hydroxylation is 1. The summed E-state index contributed by atoms with van der Waals surface area (Å²) in [5.41, 5.74) is 1.39. The molecule has 0 aliphatic carbocycles. The minimum Gasteiger partial charge on any atom is -0.486 e. The van der Waals surface area contributed by atoms with Crippen molar-refractivity contribution in [2.75, 3.05) is 32.9 Å². The van der Waals surface area contributed by atoms with Crippen molar-refractivity contribution in [3.8, 4) is 11.5 Å². The number of para-hydroxylation sites is 1. The van der Waals surface area contributed by atoms with E-state index in [4.69, 9.17) is 14.2 Å². The zero-order chi connectivity index (χ0) is 17.2. The molecule has 1 saturated heterocycles. The van der Waals surface area contributed by atoms with Gasteiger partial charge >= 0.3 is 0 Å². The van der Waals surface area contributed by atoms with Gasteiger partial charge in [0.1, 0.15) is 19.3 Å². The second-order valence-electron chi connectivity index (χ2n) is 6.00. The van der Waals surface area contributed by atoms with E-state index in [2.05, 4.69) is 9.97 Å². The van der Waals surface area contributed by atoms with E-state index >= 15 is 0 Å². The molecule has 2 aliphatic heterocycles. The molecule has 1 fully saturated rings. The zero-order valence-electron chi connectivity index (χ0n) is 14.0. The van der Waals surface area contributed by atoms with Crippen molar-refractivity contribution in [1.29, 1.82) is 0 Å². The highest BCUT2D eigenvalue weighted by Crippen LogP contribution is 2.34. The van der Waals surface area contributed by atoms with Crippen LogP contribution in [0.5, 0.6) is 11.5 Å². The second kappa shape index (κ2) is 6.68. The molecule has 4 rings (SSSR count). The van der Waals surface area contributed by atoms with Crippen LogP contribution in [0.2, 0.25) is 0 Å². The van der Waals surface area contributed by atoms with Crippen LogP contribution in [0.1, 0.15) is 28.0 Å². The molecule has 0 spiro atoms. The molecule has 0 N–H and O–H groups in total. The van der Waals surface area contributed by atoms with Crippen LogP contribution in [0.15, 0.2) is 30.5 Å². The maximum atomic E-state index is 13.0. The molecule has 0 radical (unpaired) electrons. The Morgan fingerprint density at radius 1 is 1.20 bits per heavy atom. The summed E-state index contributed by atoms with van der Waals surface area (Å²) in [4.78, 5) is 23.5. The average Bonchev–Trinajstić information content (AvgIpc) is 2.67. The van der Waals surface area contributed by atoms with Crippen LogP contribution in [-0.2, 0) is 4.74 Å². The lowest BCUT2D eigenvalue weighted by Crippen LogP contribution is -2.43. The van der Waals surface area contributed by atoms with Crippen LogP contribution < -0.4 is 9.47 Å². The number of amides is 1. The Kier molecular flexibility index (Phi) is 4.23. The highest BCUT2D eigenvalue weighted by Gasteiger charge is 2.30. The third-order valence-corrected chi connectivity index (χ3v) is 4.25. The first-order chi connectivity index (χ1) is 12.2. The molecule has 1 aromatic heterocycles. The molecule has 1 atom stereocenters. The van der Waals surface area contributed by atoms with Crippen LogP contribution >= 0.6 is 0 Å². The van der Waals surface area contributed by atoms with Gasteiger partial charge in [0.15, 0.2) is 17.3 Å². The molecule has 7 nitrogen and oxygen atoms in total. The Morgan fingerprint density at radius 3 is 2.96 bits per heavy atom. The Bertz CT molecular complexity index is 796. The van der Waals surface area contributed by atoms with Gasteiger partial charge in [0.05, 0.1) is 18.7 Å². The first kappa shape index (κ1) is 15.8. The number of aromatic nitrogens is 2. The van der Waals surface area contributed by atoms with E-state index in [1.54, 1.807) is 17.2 Å². The van der Waals surface area contributed by atoms with Gasteiger partial charge in [-0.05, 0) is 25.1 Å². The van der Waals surface area contributed by atoms with Crippen molar-refractivity contribution in [3.63, 3.8) is 0 Å². The number of benzene rings is 1. The third-order valence-electron chi connectivity index (χ3n) is 4.25. The molecule has 7 heteroatoms. The largest absolute Gasteiger partial charge is 0.486 e. The highest BCUT2D eigenvalue weighted by molar-refractivity contribution is 5.98. The summed E-state index contributed by atoms with van der Waals surface area (Å²) in [7, 11) is 0. The minimum atomic E-state index is -0.325. The van der Waals surface area contributed by atoms with Gasteiger partial charge in [-0.15, -0.1) is 0 Å². The number of ether oxygens (including phenoxy) is 3. The van der Waals surface area contributed by atoms with Crippen molar-refractivity contribution in [2.45, 2.75) is 13.0 Å². The molecule has 1 amide bonds. The van der Waals surface area contributed by atoms with Crippen molar-refractivity contribution in [3.05, 3.63) is 47.5 Å². The zero-order valence-corrected chi connectivity index (χ0v) is 14.0. The Labute approximate surface area is 145 Å². The molecule has 130 valence electrons. The number of rotatable bonds is 2. The van der Waals surface area contributed by atoms with Crippen LogP contribution in [0, 0.1) is 6.92 Å². The summed E-state index contributed by atoms with van der Waals surface area (Å²) in [6.07, 6.45) is 1.38. The number of nitrogens with zero attached hydrogens (tertiary/aromatic N) is 3. The quantitative estimate of drug-likeness (QED) is 0.829. The molecule has 3 heterocycles. The maximum Gasteiger partial charge on any atom is 0.257 e. The lowest BCUT2D eigenvalue weighted by atomic mass is 10.1. The number of hydrogen-bond acceptors (Lipinski definition) is 6. The summed E-state index contributed by atoms with van der Waals surface area (Å²) >= 11 is 0. The third kappa shape index (κ3) is 3.15. The monoisotopic (exact) mass is 341 g/mol. The van der Waals surface area contributed by atoms with E-state index < -0.39 is 0 Å². The number of hydrogen-bond donors (Lipinski definition) is 0. The van der Waals surface area contributed by atoms with Crippen LogP contribution in [-0.4, -0.2) is 53.7 Å². The Morgan fingerprint density at radius 2 is 2.08 bits per heavy atom. The summed E-state index contributed by atoms with van der Waals surface area (Å²) < 4.78 is 17.0. The summed E-state index contributed by atoms with van der Waals surface area (Å²) in [6, 6.07) is 7.22. The first-order valence-electron chi connectivity index (χ1n) is 8.31. The molecule has 25 heavy (non-hydrogen) atoms. The summed E-state index contributed by atoms with van der Waals surface area (Å²) in [5, 5.41) is 0. The average molecular weight is 341 g/mol. The van der Waals surface area contributed by atoms with Gasteiger partial charge in [-0.3, -0.25) is 4.79 Å².